The Morgan fingerprint density at radius 1 is 1.04 bits per heavy atom. The molecule has 0 saturated heterocycles. The molecule has 0 saturated carbocycles. The normalized spacial score (nSPS) is 13.1. The van der Waals surface area contributed by atoms with Crippen molar-refractivity contribution in [3.8, 4) is 0 Å². The fourth-order valence-corrected chi connectivity index (χ4v) is 1.93. The van der Waals surface area contributed by atoms with Crippen molar-refractivity contribution in [1.29, 1.82) is 0 Å². The highest BCUT2D eigenvalue weighted by molar-refractivity contribution is 9.10. The molecule has 0 heterocycles. The maximum Gasteiger partial charge on any atom is 0.328 e. The van der Waals surface area contributed by atoms with Crippen molar-refractivity contribution < 1.29 is 19.1 Å². The predicted molar refractivity (Wildman–Crippen MR) is 94.5 cm³/mol. The van der Waals surface area contributed by atoms with Gasteiger partial charge in [-0.3, -0.25) is 9.59 Å². The number of rotatable bonds is 7. The molecule has 0 spiro atoms. The lowest BCUT2D eigenvalue weighted by molar-refractivity contribution is -0.150. The lowest BCUT2D eigenvalue weighted by Gasteiger charge is -2.18. The van der Waals surface area contributed by atoms with Crippen LogP contribution in [0.3, 0.4) is 0 Å². The number of carbonyl (C=O) groups excluding carboxylic acids is 3. The van der Waals surface area contributed by atoms with Crippen molar-refractivity contribution >= 4 is 33.7 Å². The Morgan fingerprint density at radius 2 is 1.62 bits per heavy atom. The summed E-state index contributed by atoms with van der Waals surface area (Å²) in [5.41, 5.74) is 0.432. The number of ether oxygens (including phenoxy) is 1. The van der Waals surface area contributed by atoms with Crippen LogP contribution in [0.2, 0.25) is 0 Å². The summed E-state index contributed by atoms with van der Waals surface area (Å²) in [6.07, 6.45) is 0. The highest BCUT2D eigenvalue weighted by Gasteiger charge is 2.19. The third-order valence-electron chi connectivity index (χ3n) is 3.54. The summed E-state index contributed by atoms with van der Waals surface area (Å²) in [5.74, 6) is -1.12. The minimum atomic E-state index is -0.850. The van der Waals surface area contributed by atoms with Gasteiger partial charge in [-0.05, 0) is 44.0 Å². The summed E-state index contributed by atoms with van der Waals surface area (Å²) in [7, 11) is 0. The molecule has 2 amide bonds. The van der Waals surface area contributed by atoms with E-state index in [1.807, 2.05) is 20.8 Å². The van der Waals surface area contributed by atoms with Crippen LogP contribution in [0.15, 0.2) is 28.7 Å². The molecule has 0 bridgehead atoms. The van der Waals surface area contributed by atoms with Crippen LogP contribution in [0.5, 0.6) is 0 Å². The van der Waals surface area contributed by atoms with E-state index in [1.165, 1.54) is 6.92 Å². The second kappa shape index (κ2) is 9.42. The van der Waals surface area contributed by atoms with E-state index in [1.54, 1.807) is 24.3 Å². The number of nitrogens with one attached hydrogen (secondary N) is 2. The van der Waals surface area contributed by atoms with Gasteiger partial charge in [0.1, 0.15) is 6.04 Å². The van der Waals surface area contributed by atoms with Crippen LogP contribution in [-0.2, 0) is 14.3 Å². The first-order chi connectivity index (χ1) is 11.2. The third-order valence-corrected chi connectivity index (χ3v) is 4.07. The maximum atomic E-state index is 12.0. The van der Waals surface area contributed by atoms with Gasteiger partial charge in [-0.25, -0.2) is 4.79 Å². The zero-order valence-electron chi connectivity index (χ0n) is 14.3. The molecule has 7 heteroatoms. The molecule has 0 radical (unpaired) electrons. The van der Waals surface area contributed by atoms with Gasteiger partial charge in [0.05, 0.1) is 0 Å². The zero-order valence-corrected chi connectivity index (χ0v) is 15.8. The largest absolute Gasteiger partial charge is 0.454 e. The van der Waals surface area contributed by atoms with Crippen LogP contribution in [0.4, 0.5) is 0 Å². The average molecular weight is 399 g/mol. The molecule has 132 valence electrons. The fourth-order valence-electron chi connectivity index (χ4n) is 1.66. The molecular weight excluding hydrogens is 376 g/mol. The topological polar surface area (TPSA) is 84.5 Å². The third kappa shape index (κ3) is 6.70. The molecule has 2 atom stereocenters. The predicted octanol–water partition coefficient (Wildman–Crippen LogP) is 2.27. The molecule has 1 aromatic carbocycles. The Kier molecular flexibility index (Phi) is 7.91. The van der Waals surface area contributed by atoms with E-state index >= 15 is 0 Å². The summed E-state index contributed by atoms with van der Waals surface area (Å²) in [4.78, 5) is 35.6. The molecule has 6 nitrogen and oxygen atoms in total. The van der Waals surface area contributed by atoms with Gasteiger partial charge in [0, 0.05) is 16.1 Å². The number of halogens is 1. The quantitative estimate of drug-likeness (QED) is 0.689. The van der Waals surface area contributed by atoms with E-state index in [2.05, 4.69) is 26.6 Å². The first-order valence-electron chi connectivity index (χ1n) is 7.73. The van der Waals surface area contributed by atoms with Gasteiger partial charge in [0.15, 0.2) is 6.61 Å². The summed E-state index contributed by atoms with van der Waals surface area (Å²) >= 11 is 3.28. The highest BCUT2D eigenvalue weighted by atomic mass is 79.9. The first kappa shape index (κ1) is 20.2. The standard InChI is InChI=1S/C17H23BrN2O4/c1-10(2)11(3)19-15(21)9-24-17(23)12(4)20-16(22)13-5-7-14(18)8-6-13/h5-8,10-12H,9H2,1-4H3,(H,19,21)(H,20,22)/t11-,12-/m0/s1. The Labute approximate surface area is 150 Å². The van der Waals surface area contributed by atoms with E-state index in [9.17, 15) is 14.4 Å². The van der Waals surface area contributed by atoms with Crippen LogP contribution < -0.4 is 10.6 Å². The monoisotopic (exact) mass is 398 g/mol. The Balaban J connectivity index is 2.43. The van der Waals surface area contributed by atoms with Crippen molar-refractivity contribution in [2.45, 2.75) is 39.8 Å². The van der Waals surface area contributed by atoms with E-state index in [-0.39, 0.29) is 30.4 Å². The van der Waals surface area contributed by atoms with E-state index in [0.29, 0.717) is 5.56 Å². The molecule has 0 aliphatic carbocycles. The minimum absolute atomic E-state index is 0.00858. The first-order valence-corrected chi connectivity index (χ1v) is 8.52. The number of benzene rings is 1. The number of hydrogen-bond acceptors (Lipinski definition) is 4. The van der Waals surface area contributed by atoms with Gasteiger partial charge < -0.3 is 15.4 Å². The lowest BCUT2D eigenvalue weighted by Crippen LogP contribution is -2.42. The number of amides is 2. The molecule has 24 heavy (non-hydrogen) atoms. The van der Waals surface area contributed by atoms with E-state index < -0.39 is 12.0 Å². The van der Waals surface area contributed by atoms with Crippen molar-refractivity contribution in [3.05, 3.63) is 34.3 Å². The van der Waals surface area contributed by atoms with Crippen molar-refractivity contribution in [1.82, 2.24) is 10.6 Å². The Morgan fingerprint density at radius 3 is 2.17 bits per heavy atom. The van der Waals surface area contributed by atoms with Gasteiger partial charge in [0.25, 0.3) is 11.8 Å². The molecule has 0 aliphatic heterocycles. The number of esters is 1. The molecule has 2 N–H and O–H groups in total. The van der Waals surface area contributed by atoms with Gasteiger partial charge in [-0.2, -0.15) is 0 Å². The van der Waals surface area contributed by atoms with Crippen LogP contribution in [0, 0.1) is 5.92 Å². The van der Waals surface area contributed by atoms with Crippen molar-refractivity contribution in [2.75, 3.05) is 6.61 Å². The van der Waals surface area contributed by atoms with Crippen LogP contribution >= 0.6 is 15.9 Å². The summed E-state index contributed by atoms with van der Waals surface area (Å²) in [6, 6.07) is 5.88. The van der Waals surface area contributed by atoms with Gasteiger partial charge in [-0.15, -0.1) is 0 Å². The molecular formula is C17H23BrN2O4. The van der Waals surface area contributed by atoms with Gasteiger partial charge >= 0.3 is 5.97 Å². The second-order valence-electron chi connectivity index (χ2n) is 5.91. The minimum Gasteiger partial charge on any atom is -0.454 e. The molecule has 0 unspecified atom stereocenters. The second-order valence-corrected chi connectivity index (χ2v) is 6.83. The van der Waals surface area contributed by atoms with E-state index in [4.69, 9.17) is 4.74 Å². The Bertz CT molecular complexity index is 587. The smallest absolute Gasteiger partial charge is 0.328 e. The van der Waals surface area contributed by atoms with Crippen molar-refractivity contribution in [2.24, 2.45) is 5.92 Å². The Hall–Kier alpha value is -1.89. The highest BCUT2D eigenvalue weighted by Crippen LogP contribution is 2.10. The summed E-state index contributed by atoms with van der Waals surface area (Å²) < 4.78 is 5.78. The number of carbonyl (C=O) groups is 3. The summed E-state index contributed by atoms with van der Waals surface area (Å²) in [6.45, 7) is 6.99. The maximum absolute atomic E-state index is 12.0. The summed E-state index contributed by atoms with van der Waals surface area (Å²) in [5, 5.41) is 5.28. The van der Waals surface area contributed by atoms with Gasteiger partial charge in [-0.1, -0.05) is 29.8 Å². The molecule has 0 fully saturated rings. The number of hydrogen-bond donors (Lipinski definition) is 2. The average Bonchev–Trinajstić information content (AvgIpc) is 2.52. The fraction of sp³-hybridized carbons (Fsp3) is 0.471. The van der Waals surface area contributed by atoms with Crippen molar-refractivity contribution in [3.63, 3.8) is 0 Å². The zero-order chi connectivity index (χ0) is 18.3. The van der Waals surface area contributed by atoms with Crippen LogP contribution in [0.1, 0.15) is 38.1 Å². The van der Waals surface area contributed by atoms with E-state index in [0.717, 1.165) is 4.47 Å². The SMILES string of the molecule is CC(C)[C@H](C)NC(=O)COC(=O)[C@H](C)NC(=O)c1ccc(Br)cc1. The molecule has 0 aliphatic rings. The van der Waals surface area contributed by atoms with Crippen LogP contribution in [-0.4, -0.2) is 36.5 Å². The molecule has 1 aromatic rings. The molecule has 0 aromatic heterocycles. The molecule has 1 rings (SSSR count). The van der Waals surface area contributed by atoms with Crippen LogP contribution in [0.25, 0.3) is 0 Å². The lowest BCUT2D eigenvalue weighted by atomic mass is 10.1. The van der Waals surface area contributed by atoms with Gasteiger partial charge in [0.2, 0.25) is 0 Å².